The molecule has 2 aromatic rings. The molecule has 0 spiro atoms. The molecule has 0 bridgehead atoms. The summed E-state index contributed by atoms with van der Waals surface area (Å²) in [7, 11) is 0. The Morgan fingerprint density at radius 2 is 2.00 bits per heavy atom. The van der Waals surface area contributed by atoms with Crippen LogP contribution in [0, 0.1) is 11.6 Å². The summed E-state index contributed by atoms with van der Waals surface area (Å²) in [6, 6.07) is 8.98. The largest absolute Gasteiger partial charge is 0.382 e. The van der Waals surface area contributed by atoms with E-state index in [1.165, 1.54) is 12.1 Å². The van der Waals surface area contributed by atoms with Crippen LogP contribution in [0.4, 0.5) is 23.2 Å². The van der Waals surface area contributed by atoms with Gasteiger partial charge in [0.25, 0.3) is 11.7 Å². The molecule has 136 valence electrons. The Morgan fingerprint density at radius 1 is 1.23 bits per heavy atom. The van der Waals surface area contributed by atoms with Gasteiger partial charge in [-0.2, -0.15) is 8.78 Å². The number of para-hydroxylation sites is 1. The average Bonchev–Trinajstić information content (AvgIpc) is 3.08. The molecular weight excluding hydrogens is 372 g/mol. The zero-order valence-corrected chi connectivity index (χ0v) is 13.9. The van der Waals surface area contributed by atoms with Gasteiger partial charge in [-0.15, -0.1) is 0 Å². The summed E-state index contributed by atoms with van der Waals surface area (Å²) in [6.45, 7) is 0. The zero-order valence-electron chi connectivity index (χ0n) is 13.1. The first-order valence-electron chi connectivity index (χ1n) is 7.47. The minimum absolute atomic E-state index is 0.0731. The van der Waals surface area contributed by atoms with Gasteiger partial charge >= 0.3 is 0 Å². The summed E-state index contributed by atoms with van der Waals surface area (Å²) in [6.07, 6.45) is -1.15. The fourth-order valence-electron chi connectivity index (χ4n) is 2.38. The number of carbonyl (C=O) groups excluding carboxylic acids is 1. The summed E-state index contributed by atoms with van der Waals surface area (Å²) in [5.74, 6) is -4.59. The van der Waals surface area contributed by atoms with Crippen molar-refractivity contribution < 1.29 is 27.2 Å². The first-order valence-corrected chi connectivity index (χ1v) is 8.35. The summed E-state index contributed by atoms with van der Waals surface area (Å²) in [5.41, 5.74) is 0.211. The van der Waals surface area contributed by atoms with E-state index in [1.807, 2.05) is 0 Å². The van der Waals surface area contributed by atoms with E-state index in [9.17, 15) is 22.4 Å². The molecule has 1 N–H and O–H groups in total. The van der Waals surface area contributed by atoms with Gasteiger partial charge < -0.3 is 10.2 Å². The highest BCUT2D eigenvalue weighted by molar-refractivity contribution is 7.99. The molecule has 0 aromatic heterocycles. The molecule has 4 nitrogen and oxygen atoms in total. The maximum Gasteiger partial charge on any atom is 0.288 e. The van der Waals surface area contributed by atoms with Gasteiger partial charge in [-0.05, 0) is 30.3 Å². The Balaban J connectivity index is 1.69. The number of hydrogen-bond donors (Lipinski definition) is 1. The number of halogens is 4. The van der Waals surface area contributed by atoms with Crippen LogP contribution in [0.2, 0.25) is 0 Å². The molecule has 9 heteroatoms. The Hall–Kier alpha value is -2.55. The minimum Gasteiger partial charge on any atom is -0.382 e. The molecule has 0 aliphatic carbocycles. The molecule has 1 atom stereocenters. The molecule has 1 unspecified atom stereocenters. The molecule has 1 heterocycles. The molecular formula is C17H12F4N2O2S. The van der Waals surface area contributed by atoms with Crippen LogP contribution >= 0.6 is 11.8 Å². The highest BCUT2D eigenvalue weighted by Crippen LogP contribution is 2.32. The molecule has 0 saturated carbocycles. The van der Waals surface area contributed by atoms with Crippen molar-refractivity contribution in [3.05, 3.63) is 59.7 Å². The van der Waals surface area contributed by atoms with Crippen molar-refractivity contribution in [2.24, 2.45) is 5.16 Å². The van der Waals surface area contributed by atoms with Gasteiger partial charge in [0.05, 0.1) is 11.4 Å². The molecule has 2 aromatic carbocycles. The number of oxime groups is 1. The van der Waals surface area contributed by atoms with Crippen LogP contribution in [-0.2, 0) is 9.63 Å². The van der Waals surface area contributed by atoms with Gasteiger partial charge in [0, 0.05) is 16.9 Å². The standard InChI is InChI=1S/C17H12F4N2O2S/c18-9-5-6-11(19)10(7-9)13-8-14(25-23-13)16(24)22-12-3-1-2-4-15(12)26-17(20)21/h1-7,14,17H,8H2,(H,22,24). The SMILES string of the molecule is O=C(Nc1ccccc1SC(F)F)C1CC(c2cc(F)ccc2F)=NO1. The maximum atomic E-state index is 13.8. The monoisotopic (exact) mass is 384 g/mol. The number of rotatable bonds is 5. The van der Waals surface area contributed by atoms with Crippen molar-refractivity contribution in [3.8, 4) is 0 Å². The third kappa shape index (κ3) is 4.16. The minimum atomic E-state index is -2.64. The normalized spacial score (nSPS) is 16.3. The van der Waals surface area contributed by atoms with Crippen molar-refractivity contribution >= 4 is 29.1 Å². The molecule has 1 aliphatic rings. The van der Waals surface area contributed by atoms with E-state index in [1.54, 1.807) is 12.1 Å². The van der Waals surface area contributed by atoms with Gasteiger partial charge in [0.15, 0.2) is 0 Å². The number of benzene rings is 2. The van der Waals surface area contributed by atoms with Crippen LogP contribution in [0.1, 0.15) is 12.0 Å². The third-order valence-electron chi connectivity index (χ3n) is 3.56. The Morgan fingerprint density at radius 3 is 2.77 bits per heavy atom. The highest BCUT2D eigenvalue weighted by atomic mass is 32.2. The predicted molar refractivity (Wildman–Crippen MR) is 89.3 cm³/mol. The summed E-state index contributed by atoms with van der Waals surface area (Å²) in [4.78, 5) is 17.5. The molecule has 0 fully saturated rings. The van der Waals surface area contributed by atoms with Crippen molar-refractivity contribution in [3.63, 3.8) is 0 Å². The highest BCUT2D eigenvalue weighted by Gasteiger charge is 2.30. The van der Waals surface area contributed by atoms with Gasteiger partial charge in [0.1, 0.15) is 11.6 Å². The lowest BCUT2D eigenvalue weighted by Gasteiger charge is -2.12. The van der Waals surface area contributed by atoms with Crippen LogP contribution in [0.5, 0.6) is 0 Å². The predicted octanol–water partition coefficient (Wildman–Crippen LogP) is 4.41. The first-order chi connectivity index (χ1) is 12.4. The number of amides is 1. The van der Waals surface area contributed by atoms with Gasteiger partial charge in [-0.25, -0.2) is 8.78 Å². The van der Waals surface area contributed by atoms with E-state index in [2.05, 4.69) is 10.5 Å². The second-order valence-corrected chi connectivity index (χ2v) is 6.36. The van der Waals surface area contributed by atoms with Gasteiger partial charge in [-0.3, -0.25) is 4.79 Å². The Kier molecular flexibility index (Phi) is 5.46. The molecule has 1 aliphatic heterocycles. The lowest BCUT2D eigenvalue weighted by atomic mass is 10.0. The van der Waals surface area contributed by atoms with Crippen molar-refractivity contribution in [2.45, 2.75) is 23.2 Å². The second-order valence-electron chi connectivity index (χ2n) is 5.32. The van der Waals surface area contributed by atoms with E-state index in [4.69, 9.17) is 4.84 Å². The lowest BCUT2D eigenvalue weighted by Crippen LogP contribution is -2.28. The van der Waals surface area contributed by atoms with Crippen molar-refractivity contribution in [1.29, 1.82) is 0 Å². The fourth-order valence-corrected chi connectivity index (χ4v) is 2.97. The van der Waals surface area contributed by atoms with Crippen molar-refractivity contribution in [2.75, 3.05) is 5.32 Å². The second kappa shape index (κ2) is 7.77. The smallest absolute Gasteiger partial charge is 0.288 e. The van der Waals surface area contributed by atoms with E-state index in [-0.39, 0.29) is 28.3 Å². The number of nitrogens with zero attached hydrogens (tertiary/aromatic N) is 1. The fraction of sp³-hybridized carbons (Fsp3) is 0.176. The number of thioether (sulfide) groups is 1. The van der Waals surface area contributed by atoms with E-state index < -0.39 is 29.4 Å². The van der Waals surface area contributed by atoms with Crippen LogP contribution < -0.4 is 5.32 Å². The Bertz CT molecular complexity index is 860. The topological polar surface area (TPSA) is 50.7 Å². The van der Waals surface area contributed by atoms with Gasteiger partial charge in [-0.1, -0.05) is 29.1 Å². The third-order valence-corrected chi connectivity index (χ3v) is 4.35. The van der Waals surface area contributed by atoms with Crippen LogP contribution in [0.15, 0.2) is 52.5 Å². The number of anilines is 1. The van der Waals surface area contributed by atoms with Gasteiger partial charge in [0.2, 0.25) is 6.10 Å². The first kappa shape index (κ1) is 18.2. The van der Waals surface area contributed by atoms with Crippen LogP contribution in [-0.4, -0.2) is 23.5 Å². The molecule has 3 rings (SSSR count). The quantitative estimate of drug-likeness (QED) is 0.614. The van der Waals surface area contributed by atoms with E-state index >= 15 is 0 Å². The van der Waals surface area contributed by atoms with E-state index in [0.717, 1.165) is 18.2 Å². The Labute approximate surface area is 150 Å². The molecule has 0 saturated heterocycles. The number of alkyl halides is 2. The summed E-state index contributed by atoms with van der Waals surface area (Å²) >= 11 is 0.302. The number of nitrogens with one attached hydrogen (secondary N) is 1. The lowest BCUT2D eigenvalue weighted by molar-refractivity contribution is -0.125. The maximum absolute atomic E-state index is 13.8. The van der Waals surface area contributed by atoms with Crippen LogP contribution in [0.3, 0.4) is 0 Å². The molecule has 1 amide bonds. The summed E-state index contributed by atoms with van der Waals surface area (Å²) < 4.78 is 52.3. The van der Waals surface area contributed by atoms with Crippen LogP contribution in [0.25, 0.3) is 0 Å². The average molecular weight is 384 g/mol. The molecule has 0 radical (unpaired) electrons. The summed E-state index contributed by atoms with van der Waals surface area (Å²) in [5, 5.41) is 6.14. The molecule has 26 heavy (non-hydrogen) atoms. The van der Waals surface area contributed by atoms with E-state index in [0.29, 0.717) is 11.8 Å². The number of carbonyl (C=O) groups is 1. The zero-order chi connectivity index (χ0) is 18.7. The number of hydrogen-bond acceptors (Lipinski definition) is 4. The van der Waals surface area contributed by atoms with Crippen molar-refractivity contribution in [1.82, 2.24) is 0 Å².